The minimum atomic E-state index is 0.789. The van der Waals surface area contributed by atoms with Crippen LogP contribution in [0.2, 0.25) is 0 Å². The van der Waals surface area contributed by atoms with E-state index in [0.29, 0.717) is 0 Å². The molecule has 1 heterocycles. The molecule has 2 rings (SSSR count). The second-order valence-electron chi connectivity index (χ2n) is 3.60. The van der Waals surface area contributed by atoms with E-state index in [9.17, 15) is 0 Å². The lowest BCUT2D eigenvalue weighted by molar-refractivity contribution is 0.518. The topological polar surface area (TPSA) is 25.2 Å². The van der Waals surface area contributed by atoms with Gasteiger partial charge in [0, 0.05) is 9.86 Å². The zero-order chi connectivity index (χ0) is 10.8. The molecule has 0 saturated heterocycles. The molecule has 0 fully saturated rings. The van der Waals surface area contributed by atoms with Gasteiger partial charge in [0.2, 0.25) is 0 Å². The second-order valence-corrected chi connectivity index (χ2v) is 4.45. The normalized spacial score (nSPS) is 11.1. The fourth-order valence-electron chi connectivity index (χ4n) is 1.61. The van der Waals surface area contributed by atoms with Gasteiger partial charge in [-0.3, -0.25) is 0 Å². The maximum Gasteiger partial charge on any atom is 0.138 e. The number of hydrogen-bond donors (Lipinski definition) is 1. The highest BCUT2D eigenvalue weighted by Gasteiger charge is 2.08. The minimum absolute atomic E-state index is 0.789. The molecule has 0 spiro atoms. The number of fused-ring (bicyclic) bond motifs is 1. The number of hydrogen-bond acceptors (Lipinski definition) is 2. The van der Waals surface area contributed by atoms with E-state index in [1.165, 1.54) is 5.56 Å². The standard InChI is InChI=1S/C12H14BrNO/c1-3-14-7-9-6-10-11(13)5-4-8(2)12(10)15-9/h4-6,14H,3,7H2,1-2H3. The van der Waals surface area contributed by atoms with Crippen molar-refractivity contribution in [3.05, 3.63) is 34.0 Å². The van der Waals surface area contributed by atoms with Crippen LogP contribution in [0.5, 0.6) is 0 Å². The summed E-state index contributed by atoms with van der Waals surface area (Å²) in [5, 5.41) is 4.41. The highest BCUT2D eigenvalue weighted by Crippen LogP contribution is 2.29. The molecule has 80 valence electrons. The first-order valence-electron chi connectivity index (χ1n) is 5.10. The predicted molar refractivity (Wildman–Crippen MR) is 66.0 cm³/mol. The molecule has 2 aromatic rings. The number of nitrogens with one attached hydrogen (secondary N) is 1. The summed E-state index contributed by atoms with van der Waals surface area (Å²) in [6.45, 7) is 5.90. The van der Waals surface area contributed by atoms with E-state index < -0.39 is 0 Å². The van der Waals surface area contributed by atoms with Gasteiger partial charge < -0.3 is 9.73 Å². The van der Waals surface area contributed by atoms with Crippen molar-refractivity contribution >= 4 is 26.9 Å². The van der Waals surface area contributed by atoms with Crippen LogP contribution in [-0.4, -0.2) is 6.54 Å². The van der Waals surface area contributed by atoms with Crippen LogP contribution >= 0.6 is 15.9 Å². The van der Waals surface area contributed by atoms with Gasteiger partial charge >= 0.3 is 0 Å². The molecule has 0 bridgehead atoms. The summed E-state index contributed by atoms with van der Waals surface area (Å²) in [7, 11) is 0. The molecule has 3 heteroatoms. The van der Waals surface area contributed by atoms with Crippen LogP contribution in [0.1, 0.15) is 18.2 Å². The summed E-state index contributed by atoms with van der Waals surface area (Å²) < 4.78 is 6.88. The maximum absolute atomic E-state index is 5.79. The average Bonchev–Trinajstić information content (AvgIpc) is 2.66. The molecule has 15 heavy (non-hydrogen) atoms. The summed E-state index contributed by atoms with van der Waals surface area (Å²) in [6.07, 6.45) is 0. The van der Waals surface area contributed by atoms with Gasteiger partial charge in [-0.25, -0.2) is 0 Å². The molecular formula is C12H14BrNO. The van der Waals surface area contributed by atoms with E-state index in [-0.39, 0.29) is 0 Å². The monoisotopic (exact) mass is 267 g/mol. The Balaban J connectivity index is 2.45. The predicted octanol–water partition coefficient (Wildman–Crippen LogP) is 3.61. The summed E-state index contributed by atoms with van der Waals surface area (Å²) in [4.78, 5) is 0. The van der Waals surface area contributed by atoms with Crippen LogP contribution in [0.3, 0.4) is 0 Å². The summed E-state index contributed by atoms with van der Waals surface area (Å²) in [5.41, 5.74) is 2.16. The molecule has 1 aromatic heterocycles. The zero-order valence-electron chi connectivity index (χ0n) is 8.93. The van der Waals surface area contributed by atoms with Gasteiger partial charge in [-0.05, 0) is 31.2 Å². The molecule has 0 atom stereocenters. The lowest BCUT2D eigenvalue weighted by Crippen LogP contribution is -2.10. The number of halogens is 1. The van der Waals surface area contributed by atoms with Crippen molar-refractivity contribution in [3.8, 4) is 0 Å². The molecule has 0 amide bonds. The SMILES string of the molecule is CCNCc1cc2c(Br)ccc(C)c2o1. The van der Waals surface area contributed by atoms with Gasteiger partial charge in [0.05, 0.1) is 6.54 Å². The Bertz CT molecular complexity index is 437. The first-order valence-corrected chi connectivity index (χ1v) is 5.90. The first kappa shape index (κ1) is 10.7. The van der Waals surface area contributed by atoms with Crippen molar-refractivity contribution in [3.63, 3.8) is 0 Å². The van der Waals surface area contributed by atoms with Gasteiger partial charge in [0.15, 0.2) is 0 Å². The van der Waals surface area contributed by atoms with E-state index in [4.69, 9.17) is 4.42 Å². The summed E-state index contributed by atoms with van der Waals surface area (Å²) >= 11 is 3.53. The lowest BCUT2D eigenvalue weighted by atomic mass is 10.2. The molecule has 2 nitrogen and oxygen atoms in total. The Kier molecular flexibility index (Phi) is 3.12. The van der Waals surface area contributed by atoms with E-state index in [0.717, 1.165) is 34.3 Å². The molecule has 1 N–H and O–H groups in total. The molecular weight excluding hydrogens is 254 g/mol. The molecule has 0 aliphatic carbocycles. The Morgan fingerprint density at radius 2 is 2.20 bits per heavy atom. The quantitative estimate of drug-likeness (QED) is 0.919. The van der Waals surface area contributed by atoms with Gasteiger partial charge in [0.25, 0.3) is 0 Å². The largest absolute Gasteiger partial charge is 0.459 e. The van der Waals surface area contributed by atoms with E-state index in [2.05, 4.69) is 53.3 Å². The van der Waals surface area contributed by atoms with Crippen LogP contribution in [-0.2, 0) is 6.54 Å². The van der Waals surface area contributed by atoms with Crippen LogP contribution in [0.25, 0.3) is 11.0 Å². The minimum Gasteiger partial charge on any atom is -0.459 e. The molecule has 0 unspecified atom stereocenters. The van der Waals surface area contributed by atoms with E-state index >= 15 is 0 Å². The molecule has 1 aromatic carbocycles. The van der Waals surface area contributed by atoms with Gasteiger partial charge in [-0.1, -0.05) is 28.9 Å². The van der Waals surface area contributed by atoms with E-state index in [1.807, 2.05) is 0 Å². The van der Waals surface area contributed by atoms with Crippen LogP contribution < -0.4 is 5.32 Å². The first-order chi connectivity index (χ1) is 7.22. The molecule has 0 saturated carbocycles. The van der Waals surface area contributed by atoms with Crippen LogP contribution in [0.15, 0.2) is 27.1 Å². The Hall–Kier alpha value is -0.800. The van der Waals surface area contributed by atoms with E-state index in [1.54, 1.807) is 0 Å². The van der Waals surface area contributed by atoms with Gasteiger partial charge in [0.1, 0.15) is 11.3 Å². The third-order valence-electron chi connectivity index (χ3n) is 2.43. The smallest absolute Gasteiger partial charge is 0.138 e. The number of furan rings is 1. The fourth-order valence-corrected chi connectivity index (χ4v) is 2.04. The van der Waals surface area contributed by atoms with Crippen molar-refractivity contribution in [1.82, 2.24) is 5.32 Å². The fraction of sp³-hybridized carbons (Fsp3) is 0.333. The van der Waals surface area contributed by atoms with Crippen molar-refractivity contribution in [2.24, 2.45) is 0 Å². The summed E-state index contributed by atoms with van der Waals surface area (Å²) in [5.74, 6) is 0.988. The highest BCUT2D eigenvalue weighted by molar-refractivity contribution is 9.10. The molecule has 0 aliphatic heterocycles. The zero-order valence-corrected chi connectivity index (χ0v) is 10.5. The number of benzene rings is 1. The Morgan fingerprint density at radius 1 is 1.40 bits per heavy atom. The third-order valence-corrected chi connectivity index (χ3v) is 3.12. The lowest BCUT2D eigenvalue weighted by Gasteiger charge is -1.96. The second kappa shape index (κ2) is 4.37. The third kappa shape index (κ3) is 2.08. The van der Waals surface area contributed by atoms with Crippen molar-refractivity contribution in [2.75, 3.05) is 6.54 Å². The van der Waals surface area contributed by atoms with Crippen molar-refractivity contribution in [1.29, 1.82) is 0 Å². The van der Waals surface area contributed by atoms with Crippen LogP contribution in [0, 0.1) is 6.92 Å². The highest BCUT2D eigenvalue weighted by atomic mass is 79.9. The average molecular weight is 268 g/mol. The summed E-state index contributed by atoms with van der Waals surface area (Å²) in [6, 6.07) is 6.21. The van der Waals surface area contributed by atoms with Gasteiger partial charge in [-0.15, -0.1) is 0 Å². The van der Waals surface area contributed by atoms with Crippen molar-refractivity contribution in [2.45, 2.75) is 20.4 Å². The molecule has 0 radical (unpaired) electrons. The number of rotatable bonds is 3. The number of aryl methyl sites for hydroxylation is 1. The Labute approximate surface area is 97.8 Å². The maximum atomic E-state index is 5.79. The van der Waals surface area contributed by atoms with Crippen LogP contribution in [0.4, 0.5) is 0 Å². The molecule has 0 aliphatic rings. The van der Waals surface area contributed by atoms with Gasteiger partial charge in [-0.2, -0.15) is 0 Å². The van der Waals surface area contributed by atoms with Crippen molar-refractivity contribution < 1.29 is 4.42 Å². The Morgan fingerprint density at radius 3 is 2.87 bits per heavy atom.